The average Bonchev–Trinajstić information content (AvgIpc) is 3.15. The van der Waals surface area contributed by atoms with Gasteiger partial charge in [-0.1, -0.05) is 6.07 Å². The van der Waals surface area contributed by atoms with E-state index in [-0.39, 0.29) is 12.9 Å². The number of fused-ring (bicyclic) bond motifs is 1. The van der Waals surface area contributed by atoms with Crippen LogP contribution in [0, 0.1) is 0 Å². The van der Waals surface area contributed by atoms with Crippen LogP contribution in [0.2, 0.25) is 0 Å². The normalized spacial score (nSPS) is 19.5. The van der Waals surface area contributed by atoms with E-state index in [9.17, 15) is 0 Å². The molecule has 1 atom stereocenters. The first-order valence-corrected chi connectivity index (χ1v) is 9.02. The van der Waals surface area contributed by atoms with E-state index in [2.05, 4.69) is 9.88 Å². The van der Waals surface area contributed by atoms with Crippen molar-refractivity contribution >= 4 is 0 Å². The standard InChI is InChI=1S/C20H24N2O4/c1-23-18-9-15(10-19-20(18)26-14-25-19)11-22-8-4-6-17(12-22)24-13-16-5-2-3-7-21-16/h2-3,5,7,9-10,17H,4,6,8,11-14H2,1H3/t17-/m0/s1. The van der Waals surface area contributed by atoms with Crippen LogP contribution in [0.4, 0.5) is 0 Å². The average molecular weight is 356 g/mol. The maximum absolute atomic E-state index is 6.08. The van der Waals surface area contributed by atoms with Gasteiger partial charge >= 0.3 is 0 Å². The predicted molar refractivity (Wildman–Crippen MR) is 96.4 cm³/mol. The monoisotopic (exact) mass is 356 g/mol. The van der Waals surface area contributed by atoms with Gasteiger partial charge in [0.25, 0.3) is 0 Å². The van der Waals surface area contributed by atoms with E-state index in [0.29, 0.717) is 12.4 Å². The number of hydrogen-bond acceptors (Lipinski definition) is 6. The first-order chi connectivity index (χ1) is 12.8. The fourth-order valence-electron chi connectivity index (χ4n) is 3.51. The van der Waals surface area contributed by atoms with Crippen molar-refractivity contribution in [2.45, 2.75) is 32.1 Å². The van der Waals surface area contributed by atoms with E-state index in [1.165, 1.54) is 0 Å². The van der Waals surface area contributed by atoms with Crippen molar-refractivity contribution in [1.29, 1.82) is 0 Å². The van der Waals surface area contributed by atoms with Crippen LogP contribution in [-0.2, 0) is 17.9 Å². The summed E-state index contributed by atoms with van der Waals surface area (Å²) in [5, 5.41) is 0. The van der Waals surface area contributed by atoms with E-state index in [1.54, 1.807) is 13.3 Å². The summed E-state index contributed by atoms with van der Waals surface area (Å²) < 4.78 is 22.5. The van der Waals surface area contributed by atoms with Gasteiger partial charge in [-0.25, -0.2) is 0 Å². The first-order valence-electron chi connectivity index (χ1n) is 9.02. The third-order valence-corrected chi connectivity index (χ3v) is 4.78. The highest BCUT2D eigenvalue weighted by atomic mass is 16.7. The lowest BCUT2D eigenvalue weighted by molar-refractivity contribution is -0.0132. The molecule has 1 aromatic heterocycles. The molecule has 138 valence electrons. The summed E-state index contributed by atoms with van der Waals surface area (Å²) in [4.78, 5) is 6.74. The Morgan fingerprint density at radius 1 is 1.27 bits per heavy atom. The number of aromatic nitrogens is 1. The molecule has 6 nitrogen and oxygen atoms in total. The van der Waals surface area contributed by atoms with Crippen molar-refractivity contribution in [3.8, 4) is 17.2 Å². The number of piperidine rings is 1. The highest BCUT2D eigenvalue weighted by Crippen LogP contribution is 2.42. The number of rotatable bonds is 6. The van der Waals surface area contributed by atoms with Crippen LogP contribution >= 0.6 is 0 Å². The lowest BCUT2D eigenvalue weighted by Gasteiger charge is -2.32. The summed E-state index contributed by atoms with van der Waals surface area (Å²) in [7, 11) is 1.66. The summed E-state index contributed by atoms with van der Waals surface area (Å²) in [6.45, 7) is 3.65. The molecule has 0 saturated carbocycles. The van der Waals surface area contributed by atoms with Crippen LogP contribution in [-0.4, -0.2) is 43.0 Å². The second-order valence-corrected chi connectivity index (χ2v) is 6.66. The molecule has 3 heterocycles. The third kappa shape index (κ3) is 3.92. The maximum Gasteiger partial charge on any atom is 0.231 e. The molecule has 0 spiro atoms. The minimum atomic E-state index is 0.238. The summed E-state index contributed by atoms with van der Waals surface area (Å²) in [5.74, 6) is 2.20. The summed E-state index contributed by atoms with van der Waals surface area (Å²) >= 11 is 0. The van der Waals surface area contributed by atoms with Gasteiger partial charge in [0.05, 0.1) is 25.5 Å². The third-order valence-electron chi connectivity index (χ3n) is 4.78. The van der Waals surface area contributed by atoms with Crippen molar-refractivity contribution < 1.29 is 18.9 Å². The van der Waals surface area contributed by atoms with Crippen LogP contribution in [0.1, 0.15) is 24.1 Å². The molecular formula is C20H24N2O4. The van der Waals surface area contributed by atoms with E-state index in [0.717, 1.165) is 55.2 Å². The fraction of sp³-hybridized carbons (Fsp3) is 0.450. The van der Waals surface area contributed by atoms with Gasteiger partial charge in [0, 0.05) is 19.3 Å². The van der Waals surface area contributed by atoms with Gasteiger partial charge in [0.2, 0.25) is 12.5 Å². The lowest BCUT2D eigenvalue weighted by Crippen LogP contribution is -2.39. The van der Waals surface area contributed by atoms with E-state index < -0.39 is 0 Å². The second-order valence-electron chi connectivity index (χ2n) is 6.66. The molecule has 0 bridgehead atoms. The Hall–Kier alpha value is -2.31. The number of pyridine rings is 1. The SMILES string of the molecule is COc1cc(CN2CCC[C@H](OCc3ccccn3)C2)cc2c1OCO2. The van der Waals surface area contributed by atoms with Crippen LogP contribution < -0.4 is 14.2 Å². The number of likely N-dealkylation sites (tertiary alicyclic amines) is 1. The molecule has 1 aromatic carbocycles. The highest BCUT2D eigenvalue weighted by Gasteiger charge is 2.24. The Labute approximate surface area is 153 Å². The molecule has 0 radical (unpaired) electrons. The van der Waals surface area contributed by atoms with Crippen LogP contribution in [0.15, 0.2) is 36.5 Å². The van der Waals surface area contributed by atoms with Gasteiger partial charge in [-0.2, -0.15) is 0 Å². The quantitative estimate of drug-likeness (QED) is 0.793. The lowest BCUT2D eigenvalue weighted by atomic mass is 10.1. The van der Waals surface area contributed by atoms with Crippen molar-refractivity contribution in [3.63, 3.8) is 0 Å². The van der Waals surface area contributed by atoms with Crippen LogP contribution in [0.5, 0.6) is 17.2 Å². The largest absolute Gasteiger partial charge is 0.493 e. The molecule has 2 aromatic rings. The Balaban J connectivity index is 1.36. The van der Waals surface area contributed by atoms with E-state index in [1.807, 2.05) is 30.3 Å². The van der Waals surface area contributed by atoms with Gasteiger partial charge < -0.3 is 18.9 Å². The van der Waals surface area contributed by atoms with Gasteiger partial charge in [0.15, 0.2) is 11.5 Å². The Bertz CT molecular complexity index is 738. The summed E-state index contributed by atoms with van der Waals surface area (Å²) in [5.41, 5.74) is 2.14. The number of ether oxygens (including phenoxy) is 4. The zero-order valence-corrected chi connectivity index (χ0v) is 15.0. The van der Waals surface area contributed by atoms with Crippen LogP contribution in [0.25, 0.3) is 0 Å². The highest BCUT2D eigenvalue weighted by molar-refractivity contribution is 5.55. The first kappa shape index (κ1) is 17.1. The van der Waals surface area contributed by atoms with Crippen molar-refractivity contribution in [2.24, 2.45) is 0 Å². The molecule has 26 heavy (non-hydrogen) atoms. The molecule has 1 fully saturated rings. The second kappa shape index (κ2) is 7.93. The molecule has 0 amide bonds. The van der Waals surface area contributed by atoms with Gasteiger partial charge in [-0.15, -0.1) is 0 Å². The Kier molecular flexibility index (Phi) is 5.22. The minimum absolute atomic E-state index is 0.238. The molecular weight excluding hydrogens is 332 g/mol. The smallest absolute Gasteiger partial charge is 0.231 e. The van der Waals surface area contributed by atoms with Crippen LogP contribution in [0.3, 0.4) is 0 Å². The zero-order valence-electron chi connectivity index (χ0n) is 15.0. The molecule has 4 rings (SSSR count). The van der Waals surface area contributed by atoms with Gasteiger partial charge in [-0.3, -0.25) is 9.88 Å². The molecule has 0 N–H and O–H groups in total. The number of methoxy groups -OCH3 is 1. The zero-order chi connectivity index (χ0) is 17.8. The number of hydrogen-bond donors (Lipinski definition) is 0. The molecule has 0 unspecified atom stereocenters. The van der Waals surface area contributed by atoms with Crippen molar-refractivity contribution in [3.05, 3.63) is 47.8 Å². The molecule has 0 aliphatic carbocycles. The molecule has 2 aliphatic heterocycles. The van der Waals surface area contributed by atoms with Gasteiger partial charge in [0.1, 0.15) is 0 Å². The Morgan fingerprint density at radius 3 is 3.08 bits per heavy atom. The minimum Gasteiger partial charge on any atom is -0.493 e. The topological polar surface area (TPSA) is 53.1 Å². The summed E-state index contributed by atoms with van der Waals surface area (Å²) in [6.07, 6.45) is 4.27. The van der Waals surface area contributed by atoms with Crippen molar-refractivity contribution in [1.82, 2.24) is 9.88 Å². The molecule has 6 heteroatoms. The predicted octanol–water partition coefficient (Wildman–Crippen LogP) is 3.00. The number of benzene rings is 1. The molecule has 1 saturated heterocycles. The van der Waals surface area contributed by atoms with Gasteiger partial charge in [-0.05, 0) is 49.2 Å². The van der Waals surface area contributed by atoms with Crippen molar-refractivity contribution in [2.75, 3.05) is 27.0 Å². The Morgan fingerprint density at radius 2 is 2.23 bits per heavy atom. The summed E-state index contributed by atoms with van der Waals surface area (Å²) in [6, 6.07) is 9.99. The molecule has 2 aliphatic rings. The van der Waals surface area contributed by atoms with E-state index in [4.69, 9.17) is 18.9 Å². The van der Waals surface area contributed by atoms with E-state index >= 15 is 0 Å². The maximum atomic E-state index is 6.08. The number of nitrogens with zero attached hydrogens (tertiary/aromatic N) is 2. The fourth-order valence-corrected chi connectivity index (χ4v) is 3.51.